The van der Waals surface area contributed by atoms with E-state index in [4.69, 9.17) is 9.47 Å². The molecule has 4 rings (SSSR count). The Kier molecular flexibility index (Phi) is 8.70. The molecule has 1 atom stereocenters. The van der Waals surface area contributed by atoms with Gasteiger partial charge in [0.25, 0.3) is 10.0 Å². The zero-order valence-corrected chi connectivity index (χ0v) is 22.5. The van der Waals surface area contributed by atoms with Crippen LogP contribution >= 0.6 is 0 Å². The van der Waals surface area contributed by atoms with Crippen LogP contribution in [0.1, 0.15) is 12.5 Å². The van der Waals surface area contributed by atoms with Crippen molar-refractivity contribution in [2.24, 2.45) is 0 Å². The first kappa shape index (κ1) is 27.9. The summed E-state index contributed by atoms with van der Waals surface area (Å²) in [6, 6.07) is 17.6. The van der Waals surface area contributed by atoms with Crippen LogP contribution < -0.4 is 19.1 Å². The molecule has 1 aliphatic rings. The molecule has 0 radical (unpaired) electrons. The Hall–Kier alpha value is -4.12. The molecule has 0 aliphatic carbocycles. The van der Waals surface area contributed by atoms with E-state index in [9.17, 15) is 22.4 Å². The van der Waals surface area contributed by atoms with Crippen molar-refractivity contribution < 1.29 is 31.9 Å². The Morgan fingerprint density at radius 2 is 1.64 bits per heavy atom. The van der Waals surface area contributed by atoms with Crippen LogP contribution in [0.25, 0.3) is 0 Å². The average molecular weight is 556 g/mol. The fourth-order valence-electron chi connectivity index (χ4n) is 4.23. The molecule has 1 aliphatic heterocycles. The number of nitrogens with one attached hydrogen (secondary N) is 1. The Morgan fingerprint density at radius 3 is 2.31 bits per heavy atom. The van der Waals surface area contributed by atoms with Crippen molar-refractivity contribution in [3.05, 3.63) is 84.2 Å². The van der Waals surface area contributed by atoms with Crippen LogP contribution in [0, 0.1) is 5.82 Å². The summed E-state index contributed by atoms with van der Waals surface area (Å²) in [4.78, 5) is 27.4. The SMILES string of the molecule is CNC(=O)C(C)N(CCc1ccccc1)C(=O)CN(c1ccc(F)cc1)S(=O)(=O)c1ccc2c(c1)OCCO2. The number of fused-ring (bicyclic) bond motifs is 1. The molecular formula is C28H30FN3O6S. The van der Waals surface area contributed by atoms with E-state index in [1.807, 2.05) is 30.3 Å². The Labute approximate surface area is 227 Å². The van der Waals surface area contributed by atoms with Gasteiger partial charge in [-0.2, -0.15) is 0 Å². The molecule has 0 fully saturated rings. The van der Waals surface area contributed by atoms with Gasteiger partial charge in [-0.15, -0.1) is 0 Å². The number of anilines is 1. The van der Waals surface area contributed by atoms with E-state index >= 15 is 0 Å². The number of rotatable bonds is 10. The van der Waals surface area contributed by atoms with Crippen LogP contribution in [0.15, 0.2) is 77.7 Å². The highest BCUT2D eigenvalue weighted by Crippen LogP contribution is 2.34. The zero-order chi connectivity index (χ0) is 28.0. The maximum Gasteiger partial charge on any atom is 0.264 e. The van der Waals surface area contributed by atoms with Gasteiger partial charge in [0, 0.05) is 19.7 Å². The number of benzene rings is 3. The Balaban J connectivity index is 1.68. The third kappa shape index (κ3) is 6.48. The molecule has 0 bridgehead atoms. The predicted molar refractivity (Wildman–Crippen MR) is 144 cm³/mol. The van der Waals surface area contributed by atoms with Gasteiger partial charge in [-0.25, -0.2) is 12.8 Å². The highest BCUT2D eigenvalue weighted by molar-refractivity contribution is 7.92. The van der Waals surface area contributed by atoms with Gasteiger partial charge >= 0.3 is 0 Å². The van der Waals surface area contributed by atoms with Crippen molar-refractivity contribution in [1.82, 2.24) is 10.2 Å². The second-order valence-corrected chi connectivity index (χ2v) is 10.8. The number of carbonyl (C=O) groups is 2. The second kappa shape index (κ2) is 12.2. The first-order chi connectivity index (χ1) is 18.7. The van der Waals surface area contributed by atoms with Gasteiger partial charge in [0.05, 0.1) is 10.6 Å². The lowest BCUT2D eigenvalue weighted by molar-refractivity contribution is -0.138. The molecule has 0 saturated heterocycles. The van der Waals surface area contributed by atoms with Crippen LogP contribution in [0.5, 0.6) is 11.5 Å². The fraction of sp³-hybridized carbons (Fsp3) is 0.286. The van der Waals surface area contributed by atoms with Crippen molar-refractivity contribution in [2.45, 2.75) is 24.3 Å². The number of halogens is 1. The number of carbonyl (C=O) groups excluding carboxylic acids is 2. The monoisotopic (exact) mass is 555 g/mol. The second-order valence-electron chi connectivity index (χ2n) is 8.91. The minimum absolute atomic E-state index is 0.0928. The molecule has 2 amide bonds. The summed E-state index contributed by atoms with van der Waals surface area (Å²) in [6.45, 7) is 1.76. The van der Waals surface area contributed by atoms with Crippen molar-refractivity contribution in [3.63, 3.8) is 0 Å². The molecule has 3 aromatic rings. The quantitative estimate of drug-likeness (QED) is 0.413. The number of ether oxygens (including phenoxy) is 2. The third-order valence-electron chi connectivity index (χ3n) is 6.39. The van der Waals surface area contributed by atoms with E-state index in [0.29, 0.717) is 18.8 Å². The predicted octanol–water partition coefficient (Wildman–Crippen LogP) is 3.00. The van der Waals surface area contributed by atoms with Gasteiger partial charge in [0.2, 0.25) is 11.8 Å². The first-order valence-corrected chi connectivity index (χ1v) is 13.9. The smallest absolute Gasteiger partial charge is 0.264 e. The molecule has 1 heterocycles. The lowest BCUT2D eigenvalue weighted by atomic mass is 10.1. The number of nitrogens with zero attached hydrogens (tertiary/aromatic N) is 2. The van der Waals surface area contributed by atoms with Crippen LogP contribution in [0.3, 0.4) is 0 Å². The van der Waals surface area contributed by atoms with Crippen LogP contribution in [0.4, 0.5) is 10.1 Å². The Morgan fingerprint density at radius 1 is 0.974 bits per heavy atom. The van der Waals surface area contributed by atoms with Gasteiger partial charge in [-0.3, -0.25) is 13.9 Å². The van der Waals surface area contributed by atoms with Crippen molar-refractivity contribution in [3.8, 4) is 11.5 Å². The fourth-order valence-corrected chi connectivity index (χ4v) is 5.66. The average Bonchev–Trinajstić information content (AvgIpc) is 2.96. The van der Waals surface area contributed by atoms with E-state index in [0.717, 1.165) is 22.0 Å². The van der Waals surface area contributed by atoms with Crippen molar-refractivity contribution in [2.75, 3.05) is 37.7 Å². The number of hydrogen-bond acceptors (Lipinski definition) is 6. The molecule has 0 aromatic heterocycles. The van der Waals surface area contributed by atoms with E-state index in [2.05, 4.69) is 5.32 Å². The van der Waals surface area contributed by atoms with Gasteiger partial charge in [0.1, 0.15) is 31.6 Å². The molecule has 39 heavy (non-hydrogen) atoms. The highest BCUT2D eigenvalue weighted by Gasteiger charge is 2.33. The standard InChI is InChI=1S/C28H30FN3O6S/c1-20(28(34)30-2)31(15-14-21-6-4-3-5-7-21)27(33)19-32(23-10-8-22(29)9-11-23)39(35,36)24-12-13-25-26(18-24)38-17-16-37-25/h3-13,18,20H,14-17,19H2,1-2H3,(H,30,34). The summed E-state index contributed by atoms with van der Waals surface area (Å²) < 4.78 is 53.4. The topological polar surface area (TPSA) is 105 Å². The van der Waals surface area contributed by atoms with Gasteiger partial charge in [-0.1, -0.05) is 30.3 Å². The summed E-state index contributed by atoms with van der Waals surface area (Å²) in [7, 11) is -2.85. The van der Waals surface area contributed by atoms with E-state index in [1.165, 1.54) is 42.3 Å². The van der Waals surface area contributed by atoms with Gasteiger partial charge in [-0.05, 0) is 55.3 Å². The van der Waals surface area contributed by atoms with Gasteiger partial charge < -0.3 is 19.7 Å². The van der Waals surface area contributed by atoms with E-state index in [1.54, 1.807) is 6.92 Å². The highest BCUT2D eigenvalue weighted by atomic mass is 32.2. The van der Waals surface area contributed by atoms with E-state index in [-0.39, 0.29) is 35.4 Å². The molecule has 1 unspecified atom stereocenters. The summed E-state index contributed by atoms with van der Waals surface area (Å²) in [5.74, 6) is -0.854. The molecular weight excluding hydrogens is 525 g/mol. The normalized spacial score (nSPS) is 13.3. The first-order valence-electron chi connectivity index (χ1n) is 12.4. The molecule has 0 spiro atoms. The number of likely N-dealkylation sites (N-methyl/N-ethyl adjacent to an activating group) is 1. The molecule has 0 saturated carbocycles. The van der Waals surface area contributed by atoms with Crippen LogP contribution in [0.2, 0.25) is 0 Å². The number of amides is 2. The zero-order valence-electron chi connectivity index (χ0n) is 21.7. The summed E-state index contributed by atoms with van der Waals surface area (Å²) in [5.41, 5.74) is 1.05. The number of sulfonamides is 1. The van der Waals surface area contributed by atoms with Crippen LogP contribution in [-0.4, -0.2) is 64.5 Å². The molecule has 3 aromatic carbocycles. The minimum Gasteiger partial charge on any atom is -0.486 e. The summed E-state index contributed by atoms with van der Waals surface area (Å²) >= 11 is 0. The molecule has 206 valence electrons. The largest absolute Gasteiger partial charge is 0.486 e. The summed E-state index contributed by atoms with van der Waals surface area (Å²) in [6.07, 6.45) is 0.458. The van der Waals surface area contributed by atoms with Crippen LogP contribution in [-0.2, 0) is 26.0 Å². The Bertz CT molecular complexity index is 1420. The van der Waals surface area contributed by atoms with Gasteiger partial charge in [0.15, 0.2) is 11.5 Å². The van der Waals surface area contributed by atoms with Crippen molar-refractivity contribution >= 4 is 27.5 Å². The lowest BCUT2D eigenvalue weighted by Gasteiger charge is -2.32. The van der Waals surface area contributed by atoms with E-state index < -0.39 is 34.3 Å². The third-order valence-corrected chi connectivity index (χ3v) is 8.16. The molecule has 1 N–H and O–H groups in total. The number of hydrogen-bond donors (Lipinski definition) is 1. The lowest BCUT2D eigenvalue weighted by Crippen LogP contribution is -2.51. The van der Waals surface area contributed by atoms with Crippen molar-refractivity contribution in [1.29, 1.82) is 0 Å². The molecule has 9 nitrogen and oxygen atoms in total. The molecule has 11 heteroatoms. The minimum atomic E-state index is -4.32. The maximum absolute atomic E-state index is 13.9. The maximum atomic E-state index is 13.9. The summed E-state index contributed by atoms with van der Waals surface area (Å²) in [5, 5.41) is 2.54.